The molecule has 0 saturated heterocycles. The maximum absolute atomic E-state index is 13.9. The molecule has 2 aromatic carbocycles. The van der Waals surface area contributed by atoms with E-state index < -0.39 is 0 Å². The topological polar surface area (TPSA) is 40.7 Å². The summed E-state index contributed by atoms with van der Waals surface area (Å²) in [4.78, 5) is 0. The molecule has 102 valence electrons. The van der Waals surface area contributed by atoms with E-state index in [1.807, 2.05) is 25.1 Å². The van der Waals surface area contributed by atoms with Crippen LogP contribution in [0.5, 0.6) is 0 Å². The minimum atomic E-state index is -0.215. The number of benzene rings is 2. The van der Waals surface area contributed by atoms with Gasteiger partial charge in [0.05, 0.1) is 17.8 Å². The van der Waals surface area contributed by atoms with Gasteiger partial charge in [0.15, 0.2) is 0 Å². The van der Waals surface area contributed by atoms with E-state index in [1.54, 1.807) is 18.3 Å². The SMILES string of the molecule is CC(Nc1cccc2[nH]ncc12)c1cc(Br)ccc1F. The summed E-state index contributed by atoms with van der Waals surface area (Å²) in [6.45, 7) is 1.93. The molecular formula is C15H13BrFN3. The fourth-order valence-corrected chi connectivity index (χ4v) is 2.63. The Balaban J connectivity index is 1.94. The zero-order chi connectivity index (χ0) is 14.1. The normalized spacial score (nSPS) is 12.6. The zero-order valence-corrected chi connectivity index (χ0v) is 12.4. The van der Waals surface area contributed by atoms with Crippen molar-refractivity contribution in [2.75, 3.05) is 5.32 Å². The Labute approximate surface area is 124 Å². The summed E-state index contributed by atoms with van der Waals surface area (Å²) in [7, 11) is 0. The van der Waals surface area contributed by atoms with Crippen molar-refractivity contribution >= 4 is 32.5 Å². The molecule has 1 heterocycles. The van der Waals surface area contributed by atoms with Crippen LogP contribution >= 0.6 is 15.9 Å². The van der Waals surface area contributed by atoms with E-state index in [0.29, 0.717) is 5.56 Å². The van der Waals surface area contributed by atoms with Crippen LogP contribution in [0.2, 0.25) is 0 Å². The second-order valence-electron chi connectivity index (χ2n) is 4.67. The maximum atomic E-state index is 13.9. The molecule has 0 aliphatic heterocycles. The molecule has 0 amide bonds. The van der Waals surface area contributed by atoms with E-state index >= 15 is 0 Å². The largest absolute Gasteiger partial charge is 0.378 e. The lowest BCUT2D eigenvalue weighted by atomic mass is 10.1. The van der Waals surface area contributed by atoms with Crippen LogP contribution in [0, 0.1) is 5.82 Å². The van der Waals surface area contributed by atoms with Crippen molar-refractivity contribution < 1.29 is 4.39 Å². The smallest absolute Gasteiger partial charge is 0.128 e. The third-order valence-corrected chi connectivity index (χ3v) is 3.77. The first-order chi connectivity index (χ1) is 9.65. The Morgan fingerprint density at radius 2 is 2.15 bits per heavy atom. The van der Waals surface area contributed by atoms with E-state index in [2.05, 4.69) is 31.4 Å². The minimum absolute atomic E-state index is 0.145. The van der Waals surface area contributed by atoms with Crippen LogP contribution in [0.25, 0.3) is 10.9 Å². The van der Waals surface area contributed by atoms with Gasteiger partial charge >= 0.3 is 0 Å². The summed E-state index contributed by atoms with van der Waals surface area (Å²) < 4.78 is 14.8. The predicted octanol–water partition coefficient (Wildman–Crippen LogP) is 4.64. The summed E-state index contributed by atoms with van der Waals surface area (Å²) >= 11 is 3.37. The van der Waals surface area contributed by atoms with Gasteiger partial charge in [0.2, 0.25) is 0 Å². The number of hydrogen-bond acceptors (Lipinski definition) is 2. The summed E-state index contributed by atoms with van der Waals surface area (Å²) in [5.41, 5.74) is 2.51. The molecule has 20 heavy (non-hydrogen) atoms. The molecule has 0 spiro atoms. The summed E-state index contributed by atoms with van der Waals surface area (Å²) in [5, 5.41) is 11.3. The quantitative estimate of drug-likeness (QED) is 0.733. The molecule has 5 heteroatoms. The van der Waals surface area contributed by atoms with Crippen molar-refractivity contribution in [1.29, 1.82) is 0 Å². The highest BCUT2D eigenvalue weighted by Crippen LogP contribution is 2.28. The number of fused-ring (bicyclic) bond motifs is 1. The molecule has 0 fully saturated rings. The highest BCUT2D eigenvalue weighted by molar-refractivity contribution is 9.10. The fourth-order valence-electron chi connectivity index (χ4n) is 2.25. The number of hydrogen-bond donors (Lipinski definition) is 2. The van der Waals surface area contributed by atoms with Crippen molar-refractivity contribution in [2.24, 2.45) is 0 Å². The second kappa shape index (κ2) is 5.25. The Hall–Kier alpha value is -1.88. The average molecular weight is 334 g/mol. The molecule has 3 nitrogen and oxygen atoms in total. The third kappa shape index (κ3) is 2.41. The van der Waals surface area contributed by atoms with Gasteiger partial charge in [-0.3, -0.25) is 5.10 Å². The second-order valence-corrected chi connectivity index (χ2v) is 5.58. The van der Waals surface area contributed by atoms with Crippen LogP contribution in [-0.2, 0) is 0 Å². The molecular weight excluding hydrogens is 321 g/mol. The molecule has 0 radical (unpaired) electrons. The number of rotatable bonds is 3. The lowest BCUT2D eigenvalue weighted by Gasteiger charge is -2.17. The highest BCUT2D eigenvalue weighted by Gasteiger charge is 2.13. The fraction of sp³-hybridized carbons (Fsp3) is 0.133. The molecule has 0 aliphatic carbocycles. The van der Waals surface area contributed by atoms with Gasteiger partial charge in [0.25, 0.3) is 0 Å². The number of halogens is 2. The monoisotopic (exact) mass is 333 g/mol. The van der Waals surface area contributed by atoms with Gasteiger partial charge in [-0.05, 0) is 37.3 Å². The number of nitrogens with zero attached hydrogens (tertiary/aromatic N) is 1. The number of aromatic amines is 1. The van der Waals surface area contributed by atoms with Crippen LogP contribution < -0.4 is 5.32 Å². The maximum Gasteiger partial charge on any atom is 0.128 e. The summed E-state index contributed by atoms with van der Waals surface area (Å²) in [5.74, 6) is -0.215. The highest BCUT2D eigenvalue weighted by atomic mass is 79.9. The van der Waals surface area contributed by atoms with Crippen LogP contribution in [-0.4, -0.2) is 10.2 Å². The minimum Gasteiger partial charge on any atom is -0.378 e. The van der Waals surface area contributed by atoms with E-state index in [9.17, 15) is 4.39 Å². The lowest BCUT2D eigenvalue weighted by Crippen LogP contribution is -2.08. The molecule has 3 rings (SSSR count). The van der Waals surface area contributed by atoms with Gasteiger partial charge in [-0.2, -0.15) is 5.10 Å². The summed E-state index contributed by atoms with van der Waals surface area (Å²) in [6.07, 6.45) is 1.77. The molecule has 0 saturated carbocycles. The van der Waals surface area contributed by atoms with Crippen molar-refractivity contribution in [3.63, 3.8) is 0 Å². The van der Waals surface area contributed by atoms with Crippen molar-refractivity contribution in [3.8, 4) is 0 Å². The van der Waals surface area contributed by atoms with Crippen LogP contribution in [0.3, 0.4) is 0 Å². The number of anilines is 1. The lowest BCUT2D eigenvalue weighted by molar-refractivity contribution is 0.600. The van der Waals surface area contributed by atoms with Gasteiger partial charge in [-0.15, -0.1) is 0 Å². The van der Waals surface area contributed by atoms with Gasteiger partial charge in [-0.25, -0.2) is 4.39 Å². The molecule has 2 N–H and O–H groups in total. The van der Waals surface area contributed by atoms with Gasteiger partial charge in [-0.1, -0.05) is 22.0 Å². The Kier molecular flexibility index (Phi) is 3.44. The molecule has 1 aromatic heterocycles. The first kappa shape index (κ1) is 13.1. The first-order valence-electron chi connectivity index (χ1n) is 6.29. The van der Waals surface area contributed by atoms with E-state index in [4.69, 9.17) is 0 Å². The number of H-pyrrole nitrogens is 1. The zero-order valence-electron chi connectivity index (χ0n) is 10.8. The van der Waals surface area contributed by atoms with Gasteiger partial charge < -0.3 is 5.32 Å². The first-order valence-corrected chi connectivity index (χ1v) is 7.08. The van der Waals surface area contributed by atoms with Crippen LogP contribution in [0.4, 0.5) is 10.1 Å². The van der Waals surface area contributed by atoms with Gasteiger partial charge in [0.1, 0.15) is 5.82 Å². The van der Waals surface area contributed by atoms with Crippen molar-refractivity contribution in [3.05, 3.63) is 58.4 Å². The molecule has 1 atom stereocenters. The third-order valence-electron chi connectivity index (χ3n) is 3.28. The predicted molar refractivity (Wildman–Crippen MR) is 82.2 cm³/mol. The molecule has 0 aliphatic rings. The number of nitrogens with one attached hydrogen (secondary N) is 2. The standard InChI is InChI=1S/C15H13BrFN3/c1-9(11-7-10(16)5-6-13(11)17)19-14-3-2-4-15-12(14)8-18-20-15/h2-9,19H,1H3,(H,18,20). The Morgan fingerprint density at radius 3 is 3.00 bits per heavy atom. The van der Waals surface area contributed by atoms with Crippen LogP contribution in [0.15, 0.2) is 47.1 Å². The Morgan fingerprint density at radius 1 is 1.30 bits per heavy atom. The number of aromatic nitrogens is 2. The molecule has 0 bridgehead atoms. The molecule has 3 aromatic rings. The summed E-state index contributed by atoms with van der Waals surface area (Å²) in [6, 6.07) is 10.7. The van der Waals surface area contributed by atoms with Gasteiger partial charge in [0, 0.05) is 21.1 Å². The Bertz CT molecular complexity index is 754. The van der Waals surface area contributed by atoms with E-state index in [0.717, 1.165) is 21.1 Å². The molecule has 1 unspecified atom stereocenters. The van der Waals surface area contributed by atoms with Crippen molar-refractivity contribution in [2.45, 2.75) is 13.0 Å². The van der Waals surface area contributed by atoms with E-state index in [-0.39, 0.29) is 11.9 Å². The van der Waals surface area contributed by atoms with Crippen LogP contribution in [0.1, 0.15) is 18.5 Å². The van der Waals surface area contributed by atoms with Crippen molar-refractivity contribution in [1.82, 2.24) is 10.2 Å². The average Bonchev–Trinajstić information content (AvgIpc) is 2.91. The van der Waals surface area contributed by atoms with E-state index in [1.165, 1.54) is 6.07 Å².